The highest BCUT2D eigenvalue weighted by molar-refractivity contribution is 6.08. The Morgan fingerprint density at radius 3 is 2.54 bits per heavy atom. The first-order chi connectivity index (χ1) is 18.0. The van der Waals surface area contributed by atoms with Crippen molar-refractivity contribution in [1.82, 2.24) is 0 Å². The fourth-order valence-electron chi connectivity index (χ4n) is 4.84. The number of rotatable bonds is 7. The summed E-state index contributed by atoms with van der Waals surface area (Å²) in [6.45, 7) is 6.32. The summed E-state index contributed by atoms with van der Waals surface area (Å²) < 4.78 is 17.5. The second kappa shape index (κ2) is 10.2. The smallest absolute Gasteiger partial charge is 0.248 e. The standard InChI is InChI=1S/C32H29NO4/c1-5-36-29-16-9-8-15-28(29)33-30(34)17-20(2)25-18-26-27(19-37-32(26)21(3)31(25)35-4)24-14-10-12-22-11-6-7-13-23(22)24/h6-19H,5H2,1-4H3,(H,33,34)/b20-17+. The number of carbonyl (C=O) groups is 1. The van der Waals surface area contributed by atoms with E-state index in [-0.39, 0.29) is 5.91 Å². The van der Waals surface area contributed by atoms with Gasteiger partial charge in [-0.25, -0.2) is 0 Å². The van der Waals surface area contributed by atoms with Gasteiger partial charge in [0.25, 0.3) is 0 Å². The molecule has 0 spiro atoms. The number of nitrogens with one attached hydrogen (secondary N) is 1. The average molecular weight is 492 g/mol. The van der Waals surface area contributed by atoms with Crippen molar-refractivity contribution in [3.63, 3.8) is 0 Å². The van der Waals surface area contributed by atoms with Gasteiger partial charge in [0.15, 0.2) is 0 Å². The van der Waals surface area contributed by atoms with E-state index < -0.39 is 0 Å². The third-order valence-electron chi connectivity index (χ3n) is 6.55. The average Bonchev–Trinajstić information content (AvgIpc) is 3.33. The van der Waals surface area contributed by atoms with Crippen LogP contribution in [0.2, 0.25) is 0 Å². The second-order valence-corrected chi connectivity index (χ2v) is 8.88. The molecule has 0 saturated heterocycles. The molecule has 37 heavy (non-hydrogen) atoms. The van der Waals surface area contributed by atoms with E-state index in [2.05, 4.69) is 41.7 Å². The summed E-state index contributed by atoms with van der Waals surface area (Å²) >= 11 is 0. The van der Waals surface area contributed by atoms with Crippen molar-refractivity contribution in [2.24, 2.45) is 0 Å². The van der Waals surface area contributed by atoms with E-state index in [1.54, 1.807) is 19.4 Å². The zero-order chi connectivity index (χ0) is 25.9. The summed E-state index contributed by atoms with van der Waals surface area (Å²) in [6, 6.07) is 24.0. The fourth-order valence-corrected chi connectivity index (χ4v) is 4.84. The molecule has 0 aliphatic rings. The number of furan rings is 1. The molecule has 186 valence electrons. The van der Waals surface area contributed by atoms with Crippen LogP contribution in [0.1, 0.15) is 25.0 Å². The highest BCUT2D eigenvalue weighted by Crippen LogP contribution is 2.42. The van der Waals surface area contributed by atoms with Crippen molar-refractivity contribution >= 4 is 38.9 Å². The van der Waals surface area contributed by atoms with Crippen molar-refractivity contribution in [2.45, 2.75) is 20.8 Å². The van der Waals surface area contributed by atoms with Gasteiger partial charge in [-0.1, -0.05) is 54.6 Å². The number of aryl methyl sites for hydroxylation is 1. The van der Waals surface area contributed by atoms with E-state index in [4.69, 9.17) is 13.9 Å². The van der Waals surface area contributed by atoms with Crippen molar-refractivity contribution in [2.75, 3.05) is 19.0 Å². The van der Waals surface area contributed by atoms with Gasteiger partial charge < -0.3 is 19.2 Å². The van der Waals surface area contributed by atoms with Gasteiger partial charge in [0, 0.05) is 28.2 Å². The van der Waals surface area contributed by atoms with Crippen LogP contribution in [-0.2, 0) is 4.79 Å². The van der Waals surface area contributed by atoms with Crippen molar-refractivity contribution < 1.29 is 18.7 Å². The Morgan fingerprint density at radius 1 is 0.973 bits per heavy atom. The van der Waals surface area contributed by atoms with E-state index in [1.807, 2.05) is 57.2 Å². The van der Waals surface area contributed by atoms with Gasteiger partial charge in [0.2, 0.25) is 5.91 Å². The quantitative estimate of drug-likeness (QED) is 0.234. The minimum atomic E-state index is -0.245. The Labute approximate surface area is 216 Å². The zero-order valence-corrected chi connectivity index (χ0v) is 21.4. The molecule has 0 unspecified atom stereocenters. The van der Waals surface area contributed by atoms with E-state index in [0.717, 1.165) is 44.2 Å². The number of fused-ring (bicyclic) bond motifs is 2. The van der Waals surface area contributed by atoms with Gasteiger partial charge in [0.1, 0.15) is 17.1 Å². The molecule has 0 atom stereocenters. The van der Waals surface area contributed by atoms with E-state index in [0.29, 0.717) is 23.8 Å². The lowest BCUT2D eigenvalue weighted by Crippen LogP contribution is -2.10. The number of allylic oxidation sites excluding steroid dienone is 1. The normalized spacial score (nSPS) is 11.6. The first-order valence-electron chi connectivity index (χ1n) is 12.3. The van der Waals surface area contributed by atoms with Crippen LogP contribution in [0.15, 0.2) is 89.6 Å². The van der Waals surface area contributed by atoms with Crippen molar-refractivity contribution in [3.05, 3.63) is 96.3 Å². The van der Waals surface area contributed by atoms with E-state index in [9.17, 15) is 4.79 Å². The number of carbonyl (C=O) groups excluding carboxylic acids is 1. The largest absolute Gasteiger partial charge is 0.496 e. The number of methoxy groups -OCH3 is 1. The third-order valence-corrected chi connectivity index (χ3v) is 6.55. The molecule has 1 N–H and O–H groups in total. The summed E-state index contributed by atoms with van der Waals surface area (Å²) in [5.74, 6) is 1.07. The lowest BCUT2D eigenvalue weighted by atomic mass is 9.94. The Balaban J connectivity index is 1.58. The monoisotopic (exact) mass is 491 g/mol. The summed E-state index contributed by atoms with van der Waals surface area (Å²) in [7, 11) is 1.64. The molecular formula is C32H29NO4. The fraction of sp³-hybridized carbons (Fsp3) is 0.156. The zero-order valence-electron chi connectivity index (χ0n) is 21.4. The molecule has 1 amide bonds. The molecule has 0 fully saturated rings. The maximum Gasteiger partial charge on any atom is 0.248 e. The van der Waals surface area contributed by atoms with Gasteiger partial charge in [-0.05, 0) is 60.9 Å². The molecule has 5 aromatic rings. The minimum absolute atomic E-state index is 0.245. The Bertz CT molecular complexity index is 1640. The van der Waals surface area contributed by atoms with Crippen LogP contribution in [0.5, 0.6) is 11.5 Å². The number of hydrogen-bond acceptors (Lipinski definition) is 4. The molecular weight excluding hydrogens is 462 g/mol. The molecule has 0 saturated carbocycles. The Morgan fingerprint density at radius 2 is 1.73 bits per heavy atom. The van der Waals surface area contributed by atoms with Gasteiger partial charge in [-0.3, -0.25) is 4.79 Å². The van der Waals surface area contributed by atoms with Crippen LogP contribution < -0.4 is 14.8 Å². The third kappa shape index (κ3) is 4.56. The predicted molar refractivity (Wildman–Crippen MR) is 150 cm³/mol. The first-order valence-corrected chi connectivity index (χ1v) is 12.3. The van der Waals surface area contributed by atoms with Gasteiger partial charge >= 0.3 is 0 Å². The Kier molecular flexibility index (Phi) is 6.69. The predicted octanol–water partition coefficient (Wildman–Crippen LogP) is 8.01. The summed E-state index contributed by atoms with van der Waals surface area (Å²) in [6.07, 6.45) is 3.39. The van der Waals surface area contributed by atoms with E-state index >= 15 is 0 Å². The number of hydrogen-bond donors (Lipinski definition) is 1. The molecule has 5 rings (SSSR count). The molecule has 4 aromatic carbocycles. The summed E-state index contributed by atoms with van der Waals surface area (Å²) in [5, 5.41) is 6.23. The van der Waals surface area contributed by atoms with Gasteiger partial charge in [0.05, 0.1) is 25.7 Å². The van der Waals surface area contributed by atoms with Gasteiger partial charge in [-0.2, -0.15) is 0 Å². The molecule has 0 radical (unpaired) electrons. The topological polar surface area (TPSA) is 60.7 Å². The molecule has 0 bridgehead atoms. The minimum Gasteiger partial charge on any atom is -0.496 e. The number of amides is 1. The van der Waals surface area contributed by atoms with Crippen molar-refractivity contribution in [1.29, 1.82) is 0 Å². The highest BCUT2D eigenvalue weighted by Gasteiger charge is 2.20. The molecule has 0 aliphatic carbocycles. The van der Waals surface area contributed by atoms with Crippen molar-refractivity contribution in [3.8, 4) is 22.6 Å². The summed E-state index contributed by atoms with van der Waals surface area (Å²) in [5.41, 5.74) is 6.00. The number of anilines is 1. The Hall–Kier alpha value is -4.51. The molecule has 5 nitrogen and oxygen atoms in total. The molecule has 1 aromatic heterocycles. The molecule has 0 aliphatic heterocycles. The number of benzene rings is 4. The first kappa shape index (κ1) is 24.2. The summed E-state index contributed by atoms with van der Waals surface area (Å²) in [4.78, 5) is 13.0. The lowest BCUT2D eigenvalue weighted by Gasteiger charge is -2.14. The van der Waals surface area contributed by atoms with Crippen LogP contribution in [0.4, 0.5) is 5.69 Å². The maximum atomic E-state index is 13.0. The van der Waals surface area contributed by atoms with Crippen LogP contribution in [0, 0.1) is 6.92 Å². The van der Waals surface area contributed by atoms with Crippen LogP contribution >= 0.6 is 0 Å². The SMILES string of the molecule is CCOc1ccccc1NC(=O)/C=C(\C)c1cc2c(-c3cccc4ccccc34)coc2c(C)c1OC. The molecule has 1 heterocycles. The van der Waals surface area contributed by atoms with E-state index in [1.165, 1.54) is 5.39 Å². The highest BCUT2D eigenvalue weighted by atomic mass is 16.5. The second-order valence-electron chi connectivity index (χ2n) is 8.88. The van der Waals surface area contributed by atoms with Gasteiger partial charge in [-0.15, -0.1) is 0 Å². The van der Waals surface area contributed by atoms with Crippen LogP contribution in [-0.4, -0.2) is 19.6 Å². The van der Waals surface area contributed by atoms with Crippen LogP contribution in [0.3, 0.4) is 0 Å². The molecule has 5 heteroatoms. The number of ether oxygens (including phenoxy) is 2. The van der Waals surface area contributed by atoms with Crippen LogP contribution in [0.25, 0.3) is 38.4 Å². The lowest BCUT2D eigenvalue weighted by molar-refractivity contribution is -0.111. The number of para-hydroxylation sites is 2. The maximum absolute atomic E-state index is 13.0.